The number of alkyl halides is 1. The Morgan fingerprint density at radius 2 is 1.90 bits per heavy atom. The highest BCUT2D eigenvalue weighted by Gasteiger charge is 2.24. The van der Waals surface area contributed by atoms with Crippen molar-refractivity contribution < 1.29 is 8.42 Å². The van der Waals surface area contributed by atoms with E-state index < -0.39 is 9.84 Å². The van der Waals surface area contributed by atoms with Crippen molar-refractivity contribution in [1.82, 2.24) is 4.98 Å². The maximum Gasteiger partial charge on any atom is 0.153 e. The van der Waals surface area contributed by atoms with Gasteiger partial charge in [0.2, 0.25) is 0 Å². The van der Waals surface area contributed by atoms with Crippen LogP contribution in [0.1, 0.15) is 5.56 Å². The largest absolute Gasteiger partial charge is 0.354 e. The highest BCUT2D eigenvalue weighted by molar-refractivity contribution is 9.08. The number of rotatable bonds is 2. The highest BCUT2D eigenvalue weighted by atomic mass is 79.9. The molecule has 3 rings (SSSR count). The van der Waals surface area contributed by atoms with Crippen molar-refractivity contribution >= 4 is 42.5 Å². The van der Waals surface area contributed by atoms with Crippen LogP contribution in [0.3, 0.4) is 0 Å². The van der Waals surface area contributed by atoms with Gasteiger partial charge in [-0.2, -0.15) is 0 Å². The second-order valence-corrected chi connectivity index (χ2v) is 7.80. The van der Waals surface area contributed by atoms with E-state index in [1.165, 1.54) is 0 Å². The predicted octanol–water partition coefficient (Wildman–Crippen LogP) is 2.36. The van der Waals surface area contributed by atoms with Crippen molar-refractivity contribution in [3.05, 3.63) is 35.9 Å². The maximum atomic E-state index is 11.5. The molecule has 0 bridgehead atoms. The molecule has 4 nitrogen and oxygen atoms in total. The maximum absolute atomic E-state index is 11.5. The molecule has 106 valence electrons. The smallest absolute Gasteiger partial charge is 0.153 e. The van der Waals surface area contributed by atoms with Gasteiger partial charge in [-0.15, -0.1) is 0 Å². The molecule has 6 heteroatoms. The zero-order valence-corrected chi connectivity index (χ0v) is 13.3. The molecule has 0 atom stereocenters. The number of benzene rings is 1. The van der Waals surface area contributed by atoms with E-state index in [2.05, 4.69) is 26.9 Å². The third-order valence-electron chi connectivity index (χ3n) is 3.57. The van der Waals surface area contributed by atoms with Crippen LogP contribution in [0, 0.1) is 0 Å². The van der Waals surface area contributed by atoms with Crippen molar-refractivity contribution in [1.29, 1.82) is 0 Å². The molecular weight excluding hydrogens is 340 g/mol. The molecule has 1 saturated heterocycles. The van der Waals surface area contributed by atoms with Crippen molar-refractivity contribution in [2.24, 2.45) is 0 Å². The summed E-state index contributed by atoms with van der Waals surface area (Å²) in [4.78, 5) is 6.79. The van der Waals surface area contributed by atoms with E-state index in [-0.39, 0.29) is 11.5 Å². The predicted molar refractivity (Wildman–Crippen MR) is 85.2 cm³/mol. The van der Waals surface area contributed by atoms with Crippen molar-refractivity contribution in [3.63, 3.8) is 0 Å². The van der Waals surface area contributed by atoms with E-state index in [4.69, 9.17) is 4.98 Å². The normalized spacial score (nSPS) is 18.4. The van der Waals surface area contributed by atoms with E-state index >= 15 is 0 Å². The van der Waals surface area contributed by atoms with Crippen LogP contribution >= 0.6 is 15.9 Å². The number of halogens is 1. The summed E-state index contributed by atoms with van der Waals surface area (Å²) in [6, 6.07) is 10.1. The van der Waals surface area contributed by atoms with Gasteiger partial charge < -0.3 is 4.90 Å². The molecule has 2 heterocycles. The molecule has 0 N–H and O–H groups in total. The molecule has 0 aliphatic carbocycles. The minimum atomic E-state index is -2.87. The number of pyridine rings is 1. The summed E-state index contributed by atoms with van der Waals surface area (Å²) in [5.74, 6) is 1.32. The highest BCUT2D eigenvalue weighted by Crippen LogP contribution is 2.26. The first kappa shape index (κ1) is 13.8. The SMILES string of the molecule is O=S1(=O)CCN(c2nc3ccccc3cc2CBr)CC1. The lowest BCUT2D eigenvalue weighted by Crippen LogP contribution is -2.41. The number of hydrogen-bond acceptors (Lipinski definition) is 4. The van der Waals surface area contributed by atoms with Gasteiger partial charge in [-0.3, -0.25) is 0 Å². The topological polar surface area (TPSA) is 50.3 Å². The second kappa shape index (κ2) is 5.33. The summed E-state index contributed by atoms with van der Waals surface area (Å²) < 4.78 is 23.1. The van der Waals surface area contributed by atoms with Crippen LogP contribution in [0.4, 0.5) is 5.82 Å². The zero-order valence-electron chi connectivity index (χ0n) is 10.9. The fourth-order valence-electron chi connectivity index (χ4n) is 2.45. The molecule has 1 aliphatic heterocycles. The van der Waals surface area contributed by atoms with Crippen molar-refractivity contribution in [2.75, 3.05) is 29.5 Å². The fourth-order valence-corrected chi connectivity index (χ4v) is 4.06. The first-order chi connectivity index (χ1) is 9.59. The third kappa shape index (κ3) is 2.67. The minimum Gasteiger partial charge on any atom is -0.354 e. The van der Waals surface area contributed by atoms with Gasteiger partial charge in [-0.05, 0) is 12.1 Å². The molecule has 1 aliphatic rings. The Morgan fingerprint density at radius 3 is 2.60 bits per heavy atom. The molecule has 1 aromatic carbocycles. The number of fused-ring (bicyclic) bond motifs is 1. The number of nitrogens with zero attached hydrogens (tertiary/aromatic N) is 2. The molecule has 20 heavy (non-hydrogen) atoms. The molecule has 0 radical (unpaired) electrons. The molecule has 0 amide bonds. The van der Waals surface area contributed by atoms with Gasteiger partial charge in [0.15, 0.2) is 9.84 Å². The quantitative estimate of drug-likeness (QED) is 0.776. The lowest BCUT2D eigenvalue weighted by atomic mass is 10.1. The van der Waals surface area contributed by atoms with Crippen LogP contribution in [0.15, 0.2) is 30.3 Å². The summed E-state index contributed by atoms with van der Waals surface area (Å²) in [5, 5.41) is 1.82. The average Bonchev–Trinajstić information content (AvgIpc) is 2.46. The second-order valence-electron chi connectivity index (χ2n) is 4.94. The van der Waals surface area contributed by atoms with Crippen LogP contribution in [0.25, 0.3) is 10.9 Å². The molecular formula is C14H15BrN2O2S. The van der Waals surface area contributed by atoms with E-state index in [9.17, 15) is 8.42 Å². The average molecular weight is 355 g/mol. The van der Waals surface area contributed by atoms with Gasteiger partial charge in [0.05, 0.1) is 17.0 Å². The monoisotopic (exact) mass is 354 g/mol. The minimum absolute atomic E-state index is 0.212. The molecule has 0 spiro atoms. The standard InChI is InChI=1S/C14H15BrN2O2S/c15-10-12-9-11-3-1-2-4-13(11)16-14(12)17-5-7-20(18,19)8-6-17/h1-4,9H,5-8,10H2. The number of aromatic nitrogens is 1. The summed E-state index contributed by atoms with van der Waals surface area (Å²) in [7, 11) is -2.87. The Hall–Kier alpha value is -1.14. The molecule has 1 aromatic heterocycles. The summed E-state index contributed by atoms with van der Waals surface area (Å²) in [6.07, 6.45) is 0. The first-order valence-electron chi connectivity index (χ1n) is 6.49. The van der Waals surface area contributed by atoms with Crippen LogP contribution in [0.5, 0.6) is 0 Å². The van der Waals surface area contributed by atoms with Crippen molar-refractivity contribution in [2.45, 2.75) is 5.33 Å². The van der Waals surface area contributed by atoms with E-state index in [0.717, 1.165) is 22.3 Å². The summed E-state index contributed by atoms with van der Waals surface area (Å²) >= 11 is 3.50. The van der Waals surface area contributed by atoms with Gasteiger partial charge >= 0.3 is 0 Å². The van der Waals surface area contributed by atoms with Crippen molar-refractivity contribution in [3.8, 4) is 0 Å². The molecule has 2 aromatic rings. The fraction of sp³-hybridized carbons (Fsp3) is 0.357. The summed E-state index contributed by atoms with van der Waals surface area (Å²) in [6.45, 7) is 1.04. The Morgan fingerprint density at radius 1 is 1.20 bits per heavy atom. The number of sulfone groups is 1. The number of anilines is 1. The van der Waals surface area contributed by atoms with E-state index in [0.29, 0.717) is 18.4 Å². The Kier molecular flexibility index (Phi) is 3.69. The van der Waals surface area contributed by atoms with Gasteiger partial charge in [0.25, 0.3) is 0 Å². The molecule has 0 unspecified atom stereocenters. The van der Waals surface area contributed by atoms with Crippen LogP contribution in [0.2, 0.25) is 0 Å². The lowest BCUT2D eigenvalue weighted by Gasteiger charge is -2.29. The Labute approximate surface area is 126 Å². The Balaban J connectivity index is 2.02. The van der Waals surface area contributed by atoms with Gasteiger partial charge in [-0.1, -0.05) is 34.1 Å². The third-order valence-corrected chi connectivity index (χ3v) is 5.78. The van der Waals surface area contributed by atoms with Gasteiger partial charge in [0.1, 0.15) is 5.82 Å². The first-order valence-corrected chi connectivity index (χ1v) is 9.43. The lowest BCUT2D eigenvalue weighted by molar-refractivity contribution is 0.586. The molecule has 1 fully saturated rings. The summed E-state index contributed by atoms with van der Waals surface area (Å²) in [5.41, 5.74) is 2.05. The van der Waals surface area contributed by atoms with E-state index in [1.807, 2.05) is 24.3 Å². The van der Waals surface area contributed by atoms with Crippen LogP contribution < -0.4 is 4.90 Å². The van der Waals surface area contributed by atoms with Gasteiger partial charge in [-0.25, -0.2) is 13.4 Å². The van der Waals surface area contributed by atoms with Crippen LogP contribution in [-0.2, 0) is 15.2 Å². The Bertz CT molecular complexity index is 732. The molecule has 0 saturated carbocycles. The van der Waals surface area contributed by atoms with E-state index in [1.54, 1.807) is 0 Å². The number of para-hydroxylation sites is 1. The zero-order chi connectivity index (χ0) is 14.2. The van der Waals surface area contributed by atoms with Crippen LogP contribution in [-0.4, -0.2) is 38.0 Å². The van der Waals surface area contributed by atoms with Gasteiger partial charge in [0, 0.05) is 29.4 Å². The number of hydrogen-bond donors (Lipinski definition) is 0.